The third-order valence-corrected chi connectivity index (χ3v) is 7.46. The van der Waals surface area contributed by atoms with Crippen LogP contribution in [-0.2, 0) is 21.4 Å². The van der Waals surface area contributed by atoms with Crippen LogP contribution in [0.2, 0.25) is 0 Å². The average molecular weight is 532 g/mol. The fourth-order valence-electron chi connectivity index (χ4n) is 5.27. The zero-order chi connectivity index (χ0) is 28.2. The van der Waals surface area contributed by atoms with E-state index < -0.39 is 12.1 Å². The molecule has 1 aromatic heterocycles. The Morgan fingerprint density at radius 3 is 2.41 bits per heavy atom. The Balaban J connectivity index is 1.50. The van der Waals surface area contributed by atoms with Crippen LogP contribution in [0.4, 0.5) is 0 Å². The minimum Gasteiger partial charge on any atom is -0.345 e. The SMILES string of the molecule is C[C@H](NC(=O)[C@H](CC(=O)N1CCC[C@@H]1c1ccccc1)NC(=O)CCC(C)(C)C)c1nc2ccccc2n1C. The second kappa shape index (κ2) is 12.0. The monoisotopic (exact) mass is 531 g/mol. The number of nitrogens with one attached hydrogen (secondary N) is 2. The van der Waals surface area contributed by atoms with Gasteiger partial charge in [0.15, 0.2) is 0 Å². The highest BCUT2D eigenvalue weighted by Crippen LogP contribution is 2.32. The van der Waals surface area contributed by atoms with Crippen molar-refractivity contribution in [3.8, 4) is 0 Å². The van der Waals surface area contributed by atoms with E-state index in [0.717, 1.165) is 29.4 Å². The van der Waals surface area contributed by atoms with Gasteiger partial charge in [0.05, 0.1) is 29.5 Å². The van der Waals surface area contributed by atoms with Gasteiger partial charge in [0, 0.05) is 20.0 Å². The van der Waals surface area contributed by atoms with Gasteiger partial charge in [0.1, 0.15) is 11.9 Å². The van der Waals surface area contributed by atoms with Gasteiger partial charge in [-0.15, -0.1) is 0 Å². The molecule has 0 bridgehead atoms. The first-order valence-electron chi connectivity index (χ1n) is 13.9. The van der Waals surface area contributed by atoms with E-state index in [0.29, 0.717) is 18.8 Å². The summed E-state index contributed by atoms with van der Waals surface area (Å²) in [4.78, 5) is 46.5. The van der Waals surface area contributed by atoms with Gasteiger partial charge in [-0.2, -0.15) is 0 Å². The summed E-state index contributed by atoms with van der Waals surface area (Å²) in [6.45, 7) is 8.73. The largest absolute Gasteiger partial charge is 0.345 e. The number of hydrogen-bond acceptors (Lipinski definition) is 4. The molecule has 3 atom stereocenters. The first-order valence-corrected chi connectivity index (χ1v) is 13.9. The Morgan fingerprint density at radius 2 is 1.72 bits per heavy atom. The lowest BCUT2D eigenvalue weighted by atomic mass is 9.90. The number of para-hydroxylation sites is 2. The molecule has 2 heterocycles. The Hall–Kier alpha value is -3.68. The van der Waals surface area contributed by atoms with Crippen LogP contribution in [0.15, 0.2) is 54.6 Å². The van der Waals surface area contributed by atoms with Gasteiger partial charge in [-0.05, 0) is 49.3 Å². The zero-order valence-corrected chi connectivity index (χ0v) is 23.7. The lowest BCUT2D eigenvalue weighted by Crippen LogP contribution is -2.50. The summed E-state index contributed by atoms with van der Waals surface area (Å²) in [5.74, 6) is -0.0397. The fraction of sp³-hybridized carbons (Fsp3) is 0.484. The molecule has 39 heavy (non-hydrogen) atoms. The number of nitrogens with zero attached hydrogens (tertiary/aromatic N) is 3. The van der Waals surface area contributed by atoms with Crippen LogP contribution < -0.4 is 10.6 Å². The number of aryl methyl sites for hydroxylation is 1. The second-order valence-corrected chi connectivity index (χ2v) is 11.8. The molecule has 3 amide bonds. The van der Waals surface area contributed by atoms with Gasteiger partial charge < -0.3 is 20.1 Å². The highest BCUT2D eigenvalue weighted by Gasteiger charge is 2.34. The second-order valence-electron chi connectivity index (χ2n) is 11.8. The average Bonchev–Trinajstić information content (AvgIpc) is 3.52. The van der Waals surface area contributed by atoms with Crippen LogP contribution in [0.1, 0.15) is 83.3 Å². The van der Waals surface area contributed by atoms with Gasteiger partial charge in [-0.25, -0.2) is 4.98 Å². The standard InChI is InChI=1S/C31H41N5O3/c1-21(29-34-23-14-9-10-15-26(23)35(29)5)32-30(39)24(33-27(37)17-18-31(2,3)4)20-28(38)36-19-11-16-25(36)22-12-7-6-8-13-22/h6-10,12-15,21,24-25H,11,16-20H2,1-5H3,(H,32,39)(H,33,37)/t21-,24-,25+/m0/s1. The van der Waals surface area contributed by atoms with Crippen molar-refractivity contribution in [2.75, 3.05) is 6.54 Å². The molecule has 1 aliphatic heterocycles. The molecule has 0 spiro atoms. The number of aromatic nitrogens is 2. The highest BCUT2D eigenvalue weighted by molar-refractivity contribution is 5.92. The van der Waals surface area contributed by atoms with Gasteiger partial charge in [-0.3, -0.25) is 14.4 Å². The summed E-state index contributed by atoms with van der Waals surface area (Å²) >= 11 is 0. The summed E-state index contributed by atoms with van der Waals surface area (Å²) < 4.78 is 1.96. The summed E-state index contributed by atoms with van der Waals surface area (Å²) in [7, 11) is 1.92. The Labute approximate surface area is 231 Å². The Bertz CT molecular complexity index is 1310. The molecule has 0 unspecified atom stereocenters. The summed E-state index contributed by atoms with van der Waals surface area (Å²) in [5, 5.41) is 5.88. The lowest BCUT2D eigenvalue weighted by molar-refractivity contribution is -0.137. The van der Waals surface area contributed by atoms with E-state index in [4.69, 9.17) is 4.98 Å². The highest BCUT2D eigenvalue weighted by atomic mass is 16.2. The molecular weight excluding hydrogens is 490 g/mol. The van der Waals surface area contributed by atoms with Crippen molar-refractivity contribution in [1.29, 1.82) is 0 Å². The molecule has 0 radical (unpaired) electrons. The van der Waals surface area contributed by atoms with Crippen LogP contribution >= 0.6 is 0 Å². The van der Waals surface area contributed by atoms with Crippen molar-refractivity contribution < 1.29 is 14.4 Å². The van der Waals surface area contributed by atoms with Crippen LogP contribution in [0.25, 0.3) is 11.0 Å². The van der Waals surface area contributed by atoms with Gasteiger partial charge in [0.25, 0.3) is 0 Å². The van der Waals surface area contributed by atoms with Crippen molar-refractivity contribution in [3.63, 3.8) is 0 Å². The third kappa shape index (κ3) is 7.05. The number of rotatable bonds is 9. The Morgan fingerprint density at radius 1 is 1.03 bits per heavy atom. The Kier molecular flexibility index (Phi) is 8.73. The van der Waals surface area contributed by atoms with Crippen LogP contribution in [0.5, 0.6) is 0 Å². The van der Waals surface area contributed by atoms with Crippen molar-refractivity contribution in [2.24, 2.45) is 12.5 Å². The number of carbonyl (C=O) groups is 3. The zero-order valence-electron chi connectivity index (χ0n) is 23.7. The first-order chi connectivity index (χ1) is 18.5. The predicted octanol–water partition coefficient (Wildman–Crippen LogP) is 4.82. The number of hydrogen-bond donors (Lipinski definition) is 2. The molecule has 1 saturated heterocycles. The van der Waals surface area contributed by atoms with E-state index >= 15 is 0 Å². The van der Waals surface area contributed by atoms with Crippen molar-refractivity contribution in [3.05, 3.63) is 66.0 Å². The van der Waals surface area contributed by atoms with Gasteiger partial charge >= 0.3 is 0 Å². The molecule has 3 aromatic rings. The van der Waals surface area contributed by atoms with Gasteiger partial charge in [0.2, 0.25) is 17.7 Å². The molecule has 8 nitrogen and oxygen atoms in total. The van der Waals surface area contributed by atoms with Crippen LogP contribution in [-0.4, -0.2) is 44.8 Å². The molecule has 2 N–H and O–H groups in total. The van der Waals surface area contributed by atoms with Crippen LogP contribution in [0.3, 0.4) is 0 Å². The molecule has 0 saturated carbocycles. The quantitative estimate of drug-likeness (QED) is 0.414. The van der Waals surface area contributed by atoms with E-state index in [9.17, 15) is 14.4 Å². The lowest BCUT2D eigenvalue weighted by Gasteiger charge is -2.28. The molecule has 2 aromatic carbocycles. The number of imidazole rings is 1. The molecule has 208 valence electrons. The molecule has 0 aliphatic carbocycles. The normalized spacial score (nSPS) is 17.2. The van der Waals surface area contributed by atoms with Crippen molar-refractivity contribution >= 4 is 28.8 Å². The van der Waals surface area contributed by atoms with Gasteiger partial charge in [-0.1, -0.05) is 63.2 Å². The summed E-state index contributed by atoms with van der Waals surface area (Å²) in [6, 6.07) is 16.4. The maximum absolute atomic E-state index is 13.6. The number of amides is 3. The topological polar surface area (TPSA) is 96.3 Å². The number of likely N-dealkylation sites (tertiary alicyclic amines) is 1. The van der Waals surface area contributed by atoms with E-state index in [1.807, 2.05) is 78.0 Å². The maximum atomic E-state index is 13.6. The number of carbonyl (C=O) groups excluding carboxylic acids is 3. The smallest absolute Gasteiger partial charge is 0.243 e. The summed E-state index contributed by atoms with van der Waals surface area (Å²) in [6.07, 6.45) is 2.67. The number of benzene rings is 2. The van der Waals surface area contributed by atoms with Crippen molar-refractivity contribution in [1.82, 2.24) is 25.1 Å². The predicted molar refractivity (Wildman–Crippen MR) is 153 cm³/mol. The van der Waals surface area contributed by atoms with Crippen LogP contribution in [0, 0.1) is 5.41 Å². The third-order valence-electron chi connectivity index (χ3n) is 7.46. The minimum absolute atomic E-state index is 0.0158. The van der Waals surface area contributed by atoms with E-state index in [1.54, 1.807) is 0 Å². The molecular formula is C31H41N5O3. The fourth-order valence-corrected chi connectivity index (χ4v) is 5.27. The van der Waals surface area contributed by atoms with Crippen molar-refractivity contribution in [2.45, 2.75) is 77.9 Å². The molecule has 1 fully saturated rings. The minimum atomic E-state index is -0.973. The number of fused-ring (bicyclic) bond motifs is 1. The molecule has 1 aliphatic rings. The summed E-state index contributed by atoms with van der Waals surface area (Å²) in [5.41, 5.74) is 2.89. The first kappa shape index (κ1) is 28.3. The maximum Gasteiger partial charge on any atom is 0.243 e. The molecule has 8 heteroatoms. The van der Waals surface area contributed by atoms with E-state index in [1.165, 1.54) is 0 Å². The molecule has 4 rings (SSSR count). The van der Waals surface area contributed by atoms with E-state index in [-0.39, 0.29) is 42.0 Å². The van der Waals surface area contributed by atoms with E-state index in [2.05, 4.69) is 31.4 Å².